The monoisotopic (exact) mass is 245 g/mol. The maximum Gasteiger partial charge on any atom is 0.334 e. The molecule has 4 N–H and O–H groups in total. The van der Waals surface area contributed by atoms with Crippen LogP contribution >= 0.6 is 0 Å². The fourth-order valence-electron chi connectivity index (χ4n) is 1.43. The second-order valence-electron chi connectivity index (χ2n) is 3.70. The number of amides is 3. The third-order valence-electron chi connectivity index (χ3n) is 2.49. The minimum atomic E-state index is -1.65. The van der Waals surface area contributed by atoms with Gasteiger partial charge in [-0.15, -0.1) is 0 Å². The first-order chi connectivity index (χ1) is 7.93. The van der Waals surface area contributed by atoms with E-state index < -0.39 is 24.1 Å². The Bertz CT molecular complexity index is 333. The van der Waals surface area contributed by atoms with Crippen molar-refractivity contribution >= 4 is 17.9 Å². The molecule has 1 aliphatic rings. The highest BCUT2D eigenvalue weighted by atomic mass is 16.4. The molecule has 96 valence electrons. The number of aliphatic hydroxyl groups excluding tert-OH is 1. The molecule has 1 aliphatic heterocycles. The van der Waals surface area contributed by atoms with E-state index in [9.17, 15) is 14.4 Å². The molecule has 8 heteroatoms. The van der Waals surface area contributed by atoms with Crippen LogP contribution in [0.3, 0.4) is 0 Å². The predicted octanol–water partition coefficient (Wildman–Crippen LogP) is -2.04. The standard InChI is InChI=1S/C9H15N3O5/c1-5-7(14)10-2-3-12(5)9(17)11-4-6(13)8(15)16/h5-6,13H,2-4H2,1H3,(H,10,14)(H,11,17)(H,15,16)/t5?,6-/m0/s1. The Hall–Kier alpha value is -1.83. The van der Waals surface area contributed by atoms with Crippen LogP contribution in [0, 0.1) is 0 Å². The van der Waals surface area contributed by atoms with E-state index in [0.29, 0.717) is 13.1 Å². The van der Waals surface area contributed by atoms with Crippen molar-refractivity contribution in [2.45, 2.75) is 19.1 Å². The van der Waals surface area contributed by atoms with Gasteiger partial charge in [0.05, 0.1) is 6.54 Å². The lowest BCUT2D eigenvalue weighted by Gasteiger charge is -2.32. The van der Waals surface area contributed by atoms with Crippen molar-refractivity contribution < 1.29 is 24.6 Å². The van der Waals surface area contributed by atoms with E-state index in [0.717, 1.165) is 0 Å². The zero-order valence-corrected chi connectivity index (χ0v) is 9.34. The summed E-state index contributed by atoms with van der Waals surface area (Å²) in [6.07, 6.45) is -1.65. The van der Waals surface area contributed by atoms with Gasteiger partial charge in [-0.3, -0.25) is 4.79 Å². The number of nitrogens with zero attached hydrogens (tertiary/aromatic N) is 1. The molecule has 0 aromatic rings. The van der Waals surface area contributed by atoms with Crippen LogP contribution in [0.2, 0.25) is 0 Å². The summed E-state index contributed by atoms with van der Waals surface area (Å²) in [4.78, 5) is 34.5. The van der Waals surface area contributed by atoms with Gasteiger partial charge < -0.3 is 25.7 Å². The number of carbonyl (C=O) groups excluding carboxylic acids is 2. The molecule has 1 unspecified atom stereocenters. The molecule has 0 spiro atoms. The SMILES string of the molecule is CC1C(=O)NCCN1C(=O)NC[C@H](O)C(=O)O. The first-order valence-corrected chi connectivity index (χ1v) is 5.16. The van der Waals surface area contributed by atoms with Gasteiger partial charge in [0.1, 0.15) is 6.04 Å². The molecular weight excluding hydrogens is 230 g/mol. The van der Waals surface area contributed by atoms with Crippen LogP contribution in [-0.2, 0) is 9.59 Å². The molecule has 1 fully saturated rings. The minimum Gasteiger partial charge on any atom is -0.479 e. The van der Waals surface area contributed by atoms with Crippen molar-refractivity contribution in [1.82, 2.24) is 15.5 Å². The lowest BCUT2D eigenvalue weighted by molar-refractivity contribution is -0.146. The third kappa shape index (κ3) is 3.31. The number of hydrogen-bond acceptors (Lipinski definition) is 4. The molecule has 1 rings (SSSR count). The summed E-state index contributed by atoms with van der Waals surface area (Å²) >= 11 is 0. The Balaban J connectivity index is 2.47. The normalized spacial score (nSPS) is 21.6. The zero-order chi connectivity index (χ0) is 13.0. The van der Waals surface area contributed by atoms with Crippen molar-refractivity contribution in [3.8, 4) is 0 Å². The number of hydrogen-bond donors (Lipinski definition) is 4. The number of aliphatic carboxylic acids is 1. The lowest BCUT2D eigenvalue weighted by atomic mass is 10.2. The van der Waals surface area contributed by atoms with Gasteiger partial charge in [-0.2, -0.15) is 0 Å². The Labute approximate surface area is 97.6 Å². The molecule has 1 saturated heterocycles. The maximum atomic E-state index is 11.6. The number of urea groups is 1. The summed E-state index contributed by atoms with van der Waals surface area (Å²) < 4.78 is 0. The number of carboxylic acids is 1. The van der Waals surface area contributed by atoms with Crippen LogP contribution in [0.25, 0.3) is 0 Å². The van der Waals surface area contributed by atoms with E-state index in [2.05, 4.69) is 10.6 Å². The van der Waals surface area contributed by atoms with Crippen molar-refractivity contribution in [2.24, 2.45) is 0 Å². The average Bonchev–Trinajstić information content (AvgIpc) is 2.29. The topological polar surface area (TPSA) is 119 Å². The molecule has 0 aromatic carbocycles. The highest BCUT2D eigenvalue weighted by molar-refractivity contribution is 5.88. The minimum absolute atomic E-state index is 0.259. The second-order valence-corrected chi connectivity index (χ2v) is 3.70. The summed E-state index contributed by atoms with van der Waals surface area (Å²) in [7, 11) is 0. The Morgan fingerprint density at radius 1 is 1.65 bits per heavy atom. The van der Waals surface area contributed by atoms with E-state index in [1.807, 2.05) is 0 Å². The van der Waals surface area contributed by atoms with Gasteiger partial charge in [0.25, 0.3) is 0 Å². The number of carbonyl (C=O) groups is 3. The number of carboxylic acid groups (broad SMARTS) is 1. The lowest BCUT2D eigenvalue weighted by Crippen LogP contribution is -2.58. The molecule has 3 amide bonds. The van der Waals surface area contributed by atoms with Crippen molar-refractivity contribution in [3.05, 3.63) is 0 Å². The van der Waals surface area contributed by atoms with E-state index >= 15 is 0 Å². The fourth-order valence-corrected chi connectivity index (χ4v) is 1.43. The van der Waals surface area contributed by atoms with Crippen molar-refractivity contribution in [1.29, 1.82) is 0 Å². The summed E-state index contributed by atoms with van der Waals surface area (Å²) in [5.74, 6) is -1.67. The number of aliphatic hydroxyl groups is 1. The van der Waals surface area contributed by atoms with Crippen molar-refractivity contribution in [3.63, 3.8) is 0 Å². The first kappa shape index (κ1) is 13.2. The quantitative estimate of drug-likeness (QED) is 0.457. The fraction of sp³-hybridized carbons (Fsp3) is 0.667. The smallest absolute Gasteiger partial charge is 0.334 e. The summed E-state index contributed by atoms with van der Waals surface area (Å²) in [5, 5.41) is 22.3. The molecule has 0 aromatic heterocycles. The van der Waals surface area contributed by atoms with Crippen LogP contribution in [0.1, 0.15) is 6.92 Å². The number of piperazine rings is 1. The highest BCUT2D eigenvalue weighted by Gasteiger charge is 2.29. The summed E-state index contributed by atoms with van der Waals surface area (Å²) in [6, 6.07) is -1.17. The third-order valence-corrected chi connectivity index (χ3v) is 2.49. The Morgan fingerprint density at radius 2 is 2.29 bits per heavy atom. The highest BCUT2D eigenvalue weighted by Crippen LogP contribution is 2.03. The average molecular weight is 245 g/mol. The maximum absolute atomic E-state index is 11.6. The van der Waals surface area contributed by atoms with E-state index in [4.69, 9.17) is 10.2 Å². The van der Waals surface area contributed by atoms with Crippen LogP contribution in [0.5, 0.6) is 0 Å². The van der Waals surface area contributed by atoms with Crippen LogP contribution < -0.4 is 10.6 Å². The van der Waals surface area contributed by atoms with Gasteiger partial charge in [-0.05, 0) is 6.92 Å². The molecular formula is C9H15N3O5. The van der Waals surface area contributed by atoms with Gasteiger partial charge >= 0.3 is 12.0 Å². The van der Waals surface area contributed by atoms with Gasteiger partial charge in [0, 0.05) is 13.1 Å². The van der Waals surface area contributed by atoms with Crippen LogP contribution in [0.4, 0.5) is 4.79 Å². The number of nitrogens with one attached hydrogen (secondary N) is 2. The molecule has 1 heterocycles. The summed E-state index contributed by atoms with van der Waals surface area (Å²) in [5.41, 5.74) is 0. The van der Waals surface area contributed by atoms with Gasteiger partial charge in [-0.25, -0.2) is 9.59 Å². The molecule has 0 aliphatic carbocycles. The molecule has 0 radical (unpaired) electrons. The van der Waals surface area contributed by atoms with Gasteiger partial charge in [0.2, 0.25) is 5.91 Å². The van der Waals surface area contributed by atoms with E-state index in [-0.39, 0.29) is 12.5 Å². The largest absolute Gasteiger partial charge is 0.479 e. The van der Waals surface area contributed by atoms with E-state index in [1.54, 1.807) is 6.92 Å². The molecule has 8 nitrogen and oxygen atoms in total. The van der Waals surface area contributed by atoms with Crippen molar-refractivity contribution in [2.75, 3.05) is 19.6 Å². The van der Waals surface area contributed by atoms with Crippen LogP contribution in [0.15, 0.2) is 0 Å². The summed E-state index contributed by atoms with van der Waals surface area (Å²) in [6.45, 7) is 1.89. The Kier molecular flexibility index (Phi) is 4.27. The van der Waals surface area contributed by atoms with Crippen LogP contribution in [-0.4, -0.2) is 64.8 Å². The first-order valence-electron chi connectivity index (χ1n) is 5.16. The Morgan fingerprint density at radius 3 is 2.88 bits per heavy atom. The van der Waals surface area contributed by atoms with E-state index in [1.165, 1.54) is 4.90 Å². The van der Waals surface area contributed by atoms with Gasteiger partial charge in [0.15, 0.2) is 6.10 Å². The molecule has 17 heavy (non-hydrogen) atoms. The predicted molar refractivity (Wildman–Crippen MR) is 56.2 cm³/mol. The molecule has 0 saturated carbocycles. The molecule has 0 bridgehead atoms. The second kappa shape index (κ2) is 5.48. The number of rotatable bonds is 3. The van der Waals surface area contributed by atoms with Gasteiger partial charge in [-0.1, -0.05) is 0 Å². The zero-order valence-electron chi connectivity index (χ0n) is 9.34. The molecule has 2 atom stereocenters.